The van der Waals surface area contributed by atoms with Crippen molar-refractivity contribution in [2.24, 2.45) is 0 Å². The van der Waals surface area contributed by atoms with Crippen LogP contribution in [0.15, 0.2) is 48.5 Å². The van der Waals surface area contributed by atoms with Crippen molar-refractivity contribution >= 4 is 34.4 Å². The number of halogens is 1. The lowest BCUT2D eigenvalue weighted by molar-refractivity contribution is -0.642. The molecule has 1 heterocycles. The van der Waals surface area contributed by atoms with Gasteiger partial charge in [-0.15, -0.1) is 0 Å². The standard InChI is InChI=1S/C21H25ClN4O/c1-3-24(4-2)13-14-25-18-7-5-6-8-19(18)26(21(25)23)15-20(27)16-9-11-17(22)12-10-16/h5-12,23H,3-4,13-15H2,1-2H3/p+1. The molecule has 0 saturated carbocycles. The van der Waals surface area contributed by atoms with Gasteiger partial charge in [0.1, 0.15) is 17.6 Å². The summed E-state index contributed by atoms with van der Waals surface area (Å²) in [5, 5.41) is 0.617. The number of ketones is 1. The fourth-order valence-corrected chi connectivity index (χ4v) is 3.49. The Bertz CT molecular complexity index is 929. The van der Waals surface area contributed by atoms with Crippen LogP contribution in [0.25, 0.3) is 11.0 Å². The summed E-state index contributed by atoms with van der Waals surface area (Å²) < 4.78 is 4.00. The molecule has 6 heteroatoms. The van der Waals surface area contributed by atoms with E-state index in [0.29, 0.717) is 16.5 Å². The van der Waals surface area contributed by atoms with Crippen LogP contribution < -0.4 is 10.3 Å². The molecule has 142 valence electrons. The van der Waals surface area contributed by atoms with E-state index in [9.17, 15) is 4.79 Å². The maximum Gasteiger partial charge on any atom is 0.356 e. The Labute approximate surface area is 165 Å². The van der Waals surface area contributed by atoms with Crippen LogP contribution in [-0.2, 0) is 13.1 Å². The molecule has 27 heavy (non-hydrogen) atoms. The van der Waals surface area contributed by atoms with Gasteiger partial charge in [0.2, 0.25) is 0 Å². The molecule has 0 unspecified atom stereocenters. The highest BCUT2D eigenvalue weighted by molar-refractivity contribution is 6.30. The molecule has 3 rings (SSSR count). The lowest BCUT2D eigenvalue weighted by atomic mass is 10.1. The molecule has 2 N–H and O–H groups in total. The molecule has 0 aliphatic carbocycles. The van der Waals surface area contributed by atoms with Gasteiger partial charge in [0, 0.05) is 17.1 Å². The van der Waals surface area contributed by atoms with E-state index in [2.05, 4.69) is 29.4 Å². The van der Waals surface area contributed by atoms with Crippen molar-refractivity contribution < 1.29 is 9.36 Å². The lowest BCUT2D eigenvalue weighted by Gasteiger charge is -2.17. The summed E-state index contributed by atoms with van der Waals surface area (Å²) in [5.41, 5.74) is 9.12. The molecule has 0 bridgehead atoms. The topological polar surface area (TPSA) is 55.1 Å². The number of aromatic nitrogens is 2. The molecule has 2 aromatic carbocycles. The van der Waals surface area contributed by atoms with E-state index in [0.717, 1.165) is 37.2 Å². The predicted molar refractivity (Wildman–Crippen MR) is 110 cm³/mol. The number of benzene rings is 2. The van der Waals surface area contributed by atoms with Crippen molar-refractivity contribution in [3.8, 4) is 0 Å². The molecule has 0 aliphatic heterocycles. The van der Waals surface area contributed by atoms with Gasteiger partial charge in [-0.05, 0) is 49.5 Å². The number of Topliss-reactive ketones (excluding diaryl/α,β-unsaturated/α-hetero) is 1. The second kappa shape index (κ2) is 8.55. The maximum absolute atomic E-state index is 12.8. The van der Waals surface area contributed by atoms with Crippen molar-refractivity contribution in [2.75, 3.05) is 25.4 Å². The number of para-hydroxylation sites is 2. The number of carbonyl (C=O) groups is 1. The number of nitrogens with zero attached hydrogens (tertiary/aromatic N) is 3. The van der Waals surface area contributed by atoms with Crippen LogP contribution in [0, 0.1) is 0 Å². The van der Waals surface area contributed by atoms with Gasteiger partial charge in [-0.25, -0.2) is 9.13 Å². The first kappa shape index (κ1) is 19.4. The van der Waals surface area contributed by atoms with E-state index in [-0.39, 0.29) is 12.3 Å². The second-order valence-corrected chi connectivity index (χ2v) is 6.98. The SMILES string of the molecule is CCN(CC)CCn1c(N)[n+](CC(=O)c2ccc(Cl)cc2)c2ccccc21. The number of anilines is 1. The molecule has 0 fully saturated rings. The van der Waals surface area contributed by atoms with Gasteiger partial charge in [0.25, 0.3) is 0 Å². The molecule has 0 radical (unpaired) electrons. The number of carbonyl (C=O) groups excluding carboxylic acids is 1. The summed E-state index contributed by atoms with van der Waals surface area (Å²) in [6, 6.07) is 15.0. The van der Waals surface area contributed by atoms with Crippen molar-refractivity contribution in [3.63, 3.8) is 0 Å². The van der Waals surface area contributed by atoms with E-state index in [1.807, 2.05) is 22.8 Å². The van der Waals surface area contributed by atoms with Gasteiger partial charge in [-0.2, -0.15) is 0 Å². The summed E-state index contributed by atoms with van der Waals surface area (Å²) in [6.07, 6.45) is 0. The second-order valence-electron chi connectivity index (χ2n) is 6.54. The van der Waals surface area contributed by atoms with Crippen molar-refractivity contribution in [2.45, 2.75) is 26.9 Å². The smallest absolute Gasteiger partial charge is 0.301 e. The summed E-state index contributed by atoms with van der Waals surface area (Å²) in [4.78, 5) is 15.1. The number of nitrogen functional groups attached to an aromatic ring is 1. The van der Waals surface area contributed by atoms with E-state index in [1.54, 1.807) is 24.3 Å². The normalized spacial score (nSPS) is 11.4. The quantitative estimate of drug-likeness (QED) is 0.477. The first-order valence-corrected chi connectivity index (χ1v) is 9.70. The Hall–Kier alpha value is -2.37. The fraction of sp³-hybridized carbons (Fsp3) is 0.333. The van der Waals surface area contributed by atoms with Gasteiger partial charge in [0.15, 0.2) is 5.78 Å². The summed E-state index contributed by atoms with van der Waals surface area (Å²) in [6.45, 7) is 8.23. The monoisotopic (exact) mass is 385 g/mol. The van der Waals surface area contributed by atoms with Crippen LogP contribution >= 0.6 is 11.6 Å². The van der Waals surface area contributed by atoms with Crippen molar-refractivity contribution in [1.29, 1.82) is 0 Å². The third kappa shape index (κ3) is 4.15. The van der Waals surface area contributed by atoms with Crippen LogP contribution in [0.1, 0.15) is 24.2 Å². The number of hydrogen-bond donors (Lipinski definition) is 1. The Morgan fingerprint density at radius 2 is 1.78 bits per heavy atom. The zero-order valence-electron chi connectivity index (χ0n) is 15.9. The summed E-state index contributed by atoms with van der Waals surface area (Å²) in [7, 11) is 0. The average Bonchev–Trinajstić information content (AvgIpc) is 2.95. The molecule has 0 aliphatic rings. The summed E-state index contributed by atoms with van der Waals surface area (Å²) >= 11 is 5.92. The zero-order chi connectivity index (χ0) is 19.4. The number of rotatable bonds is 8. The van der Waals surface area contributed by atoms with Crippen molar-refractivity contribution in [3.05, 3.63) is 59.1 Å². The fourth-order valence-electron chi connectivity index (χ4n) is 3.37. The maximum atomic E-state index is 12.8. The minimum Gasteiger partial charge on any atom is -0.301 e. The molecule has 1 aromatic heterocycles. The van der Waals surface area contributed by atoms with Crippen LogP contribution in [0.3, 0.4) is 0 Å². The molecule has 5 nitrogen and oxygen atoms in total. The third-order valence-corrected chi connectivity index (χ3v) is 5.27. The summed E-state index contributed by atoms with van der Waals surface area (Å²) in [5.74, 6) is 0.612. The molecule has 3 aromatic rings. The number of nitrogens with two attached hydrogens (primary N) is 1. The molecule has 0 amide bonds. The Morgan fingerprint density at radius 1 is 1.11 bits per heavy atom. The van der Waals surface area contributed by atoms with E-state index < -0.39 is 0 Å². The average molecular weight is 386 g/mol. The van der Waals surface area contributed by atoms with Gasteiger partial charge >= 0.3 is 5.95 Å². The van der Waals surface area contributed by atoms with Gasteiger partial charge in [-0.3, -0.25) is 10.5 Å². The molecule has 0 atom stereocenters. The minimum absolute atomic E-state index is 0.00927. The number of fused-ring (bicyclic) bond motifs is 1. The molecule has 0 saturated heterocycles. The number of hydrogen-bond acceptors (Lipinski definition) is 3. The molecule has 0 spiro atoms. The Kier molecular flexibility index (Phi) is 6.14. The highest BCUT2D eigenvalue weighted by Crippen LogP contribution is 2.17. The molecular weight excluding hydrogens is 360 g/mol. The van der Waals surface area contributed by atoms with Crippen LogP contribution in [0.2, 0.25) is 5.02 Å². The van der Waals surface area contributed by atoms with Crippen LogP contribution in [0.5, 0.6) is 0 Å². The van der Waals surface area contributed by atoms with E-state index in [4.69, 9.17) is 17.3 Å². The van der Waals surface area contributed by atoms with Crippen LogP contribution in [-0.4, -0.2) is 34.9 Å². The minimum atomic E-state index is 0.00927. The van der Waals surface area contributed by atoms with Gasteiger partial charge < -0.3 is 4.90 Å². The Balaban J connectivity index is 1.92. The van der Waals surface area contributed by atoms with E-state index >= 15 is 0 Å². The largest absolute Gasteiger partial charge is 0.356 e. The van der Waals surface area contributed by atoms with Crippen LogP contribution in [0.4, 0.5) is 5.95 Å². The highest BCUT2D eigenvalue weighted by Gasteiger charge is 2.23. The third-order valence-electron chi connectivity index (χ3n) is 5.02. The van der Waals surface area contributed by atoms with Gasteiger partial charge in [-0.1, -0.05) is 37.6 Å². The van der Waals surface area contributed by atoms with Gasteiger partial charge in [0.05, 0.1) is 6.54 Å². The number of imidazole rings is 1. The van der Waals surface area contributed by atoms with Crippen molar-refractivity contribution in [1.82, 2.24) is 9.47 Å². The Morgan fingerprint density at radius 3 is 2.44 bits per heavy atom. The number of likely N-dealkylation sites (N-methyl/N-ethyl adjacent to an activating group) is 1. The predicted octanol–water partition coefficient (Wildman–Crippen LogP) is 3.39. The first-order chi connectivity index (χ1) is 13.0. The first-order valence-electron chi connectivity index (χ1n) is 9.32. The highest BCUT2D eigenvalue weighted by atomic mass is 35.5. The van der Waals surface area contributed by atoms with E-state index in [1.165, 1.54) is 0 Å². The molecular formula is C21H26ClN4O+. The zero-order valence-corrected chi connectivity index (χ0v) is 16.6. The lowest BCUT2D eigenvalue weighted by Crippen LogP contribution is -2.40.